The highest BCUT2D eigenvalue weighted by Gasteiger charge is 2.33. The number of nitrogens with zero attached hydrogens (tertiary/aromatic N) is 3. The molecule has 148 valence electrons. The SMILES string of the molecule is CN1CC(=O)N(CCCC(=O)NCC(c2ccco2)N2CCCCC2)C1=O. The Morgan fingerprint density at radius 2 is 2.04 bits per heavy atom. The van der Waals surface area contributed by atoms with Crippen LogP contribution in [0.3, 0.4) is 0 Å². The number of rotatable bonds is 8. The monoisotopic (exact) mass is 376 g/mol. The van der Waals surface area contributed by atoms with Gasteiger partial charge in [-0.1, -0.05) is 6.42 Å². The minimum atomic E-state index is -0.289. The number of hydrogen-bond donors (Lipinski definition) is 1. The van der Waals surface area contributed by atoms with E-state index in [2.05, 4.69) is 10.2 Å². The van der Waals surface area contributed by atoms with E-state index in [4.69, 9.17) is 4.42 Å². The van der Waals surface area contributed by atoms with Crippen molar-refractivity contribution in [2.24, 2.45) is 0 Å². The lowest BCUT2D eigenvalue weighted by Crippen LogP contribution is -2.40. The lowest BCUT2D eigenvalue weighted by atomic mass is 10.1. The number of urea groups is 1. The van der Waals surface area contributed by atoms with Crippen molar-refractivity contribution in [3.8, 4) is 0 Å². The second kappa shape index (κ2) is 9.03. The van der Waals surface area contributed by atoms with Gasteiger partial charge < -0.3 is 14.6 Å². The molecule has 0 aliphatic carbocycles. The first-order chi connectivity index (χ1) is 13.1. The van der Waals surface area contributed by atoms with Gasteiger partial charge in [0.2, 0.25) is 11.8 Å². The molecule has 1 aromatic rings. The molecule has 1 unspecified atom stereocenters. The van der Waals surface area contributed by atoms with Gasteiger partial charge >= 0.3 is 6.03 Å². The van der Waals surface area contributed by atoms with Crippen LogP contribution in [0.15, 0.2) is 22.8 Å². The molecule has 0 saturated carbocycles. The molecule has 1 N–H and O–H groups in total. The van der Waals surface area contributed by atoms with E-state index >= 15 is 0 Å². The molecule has 8 nitrogen and oxygen atoms in total. The van der Waals surface area contributed by atoms with Crippen LogP contribution in [0.4, 0.5) is 4.79 Å². The molecular weight excluding hydrogens is 348 g/mol. The number of imide groups is 1. The van der Waals surface area contributed by atoms with E-state index in [1.165, 1.54) is 16.2 Å². The summed E-state index contributed by atoms with van der Waals surface area (Å²) in [6.45, 7) is 2.91. The molecule has 0 aromatic carbocycles. The zero-order chi connectivity index (χ0) is 19.2. The maximum atomic E-state index is 12.2. The second-order valence-corrected chi connectivity index (χ2v) is 7.22. The van der Waals surface area contributed by atoms with Crippen LogP contribution in [0.25, 0.3) is 0 Å². The van der Waals surface area contributed by atoms with Gasteiger partial charge in [0.1, 0.15) is 12.3 Å². The molecule has 3 heterocycles. The average molecular weight is 376 g/mol. The van der Waals surface area contributed by atoms with Crippen LogP contribution in [-0.4, -0.2) is 72.3 Å². The van der Waals surface area contributed by atoms with Crippen LogP contribution in [0.2, 0.25) is 0 Å². The number of likely N-dealkylation sites (N-methyl/N-ethyl adjacent to an activating group) is 1. The van der Waals surface area contributed by atoms with Crippen LogP contribution < -0.4 is 5.32 Å². The van der Waals surface area contributed by atoms with Gasteiger partial charge in [-0.05, 0) is 44.5 Å². The Labute approximate surface area is 159 Å². The highest BCUT2D eigenvalue weighted by atomic mass is 16.3. The van der Waals surface area contributed by atoms with Crippen molar-refractivity contribution in [2.45, 2.75) is 38.1 Å². The van der Waals surface area contributed by atoms with E-state index in [1.807, 2.05) is 12.1 Å². The van der Waals surface area contributed by atoms with Crippen molar-refractivity contribution in [1.82, 2.24) is 20.0 Å². The Kier molecular flexibility index (Phi) is 6.49. The number of piperidine rings is 1. The maximum Gasteiger partial charge on any atom is 0.326 e. The summed E-state index contributed by atoms with van der Waals surface area (Å²) in [5, 5.41) is 2.99. The number of carbonyl (C=O) groups excluding carboxylic acids is 3. The average Bonchev–Trinajstić information content (AvgIpc) is 3.27. The van der Waals surface area contributed by atoms with E-state index in [0.717, 1.165) is 31.7 Å². The summed E-state index contributed by atoms with van der Waals surface area (Å²) in [7, 11) is 1.60. The Hall–Kier alpha value is -2.35. The molecule has 2 aliphatic heterocycles. The smallest absolute Gasteiger partial charge is 0.326 e. The largest absolute Gasteiger partial charge is 0.468 e. The summed E-state index contributed by atoms with van der Waals surface area (Å²) in [6, 6.07) is 3.57. The number of carbonyl (C=O) groups is 3. The van der Waals surface area contributed by atoms with Crippen LogP contribution in [0, 0.1) is 0 Å². The lowest BCUT2D eigenvalue weighted by Gasteiger charge is -2.33. The van der Waals surface area contributed by atoms with Crippen molar-refractivity contribution < 1.29 is 18.8 Å². The molecule has 0 radical (unpaired) electrons. The number of amides is 4. The summed E-state index contributed by atoms with van der Waals surface area (Å²) in [6.07, 6.45) is 5.99. The molecule has 4 amide bonds. The number of hydrogen-bond acceptors (Lipinski definition) is 5. The predicted molar refractivity (Wildman–Crippen MR) is 98.9 cm³/mol. The summed E-state index contributed by atoms with van der Waals surface area (Å²) < 4.78 is 5.58. The summed E-state index contributed by atoms with van der Waals surface area (Å²) in [5.41, 5.74) is 0. The third kappa shape index (κ3) is 4.88. The molecule has 8 heteroatoms. The van der Waals surface area contributed by atoms with Gasteiger partial charge in [0.05, 0.1) is 12.3 Å². The Morgan fingerprint density at radius 3 is 2.67 bits per heavy atom. The van der Waals surface area contributed by atoms with Crippen LogP contribution in [-0.2, 0) is 9.59 Å². The van der Waals surface area contributed by atoms with Crippen molar-refractivity contribution >= 4 is 17.8 Å². The first-order valence-electron chi connectivity index (χ1n) is 9.66. The Balaban J connectivity index is 1.45. The minimum Gasteiger partial charge on any atom is -0.468 e. The van der Waals surface area contributed by atoms with Crippen molar-refractivity contribution in [3.05, 3.63) is 24.2 Å². The third-order valence-corrected chi connectivity index (χ3v) is 5.21. The molecule has 2 saturated heterocycles. The van der Waals surface area contributed by atoms with Crippen LogP contribution in [0.1, 0.15) is 43.9 Å². The van der Waals surface area contributed by atoms with Gasteiger partial charge in [-0.3, -0.25) is 19.4 Å². The van der Waals surface area contributed by atoms with Gasteiger partial charge in [-0.2, -0.15) is 0 Å². The fraction of sp³-hybridized carbons (Fsp3) is 0.632. The summed E-state index contributed by atoms with van der Waals surface area (Å²) >= 11 is 0. The molecule has 3 rings (SSSR count). The Morgan fingerprint density at radius 1 is 1.26 bits per heavy atom. The van der Waals surface area contributed by atoms with E-state index < -0.39 is 0 Å². The highest BCUT2D eigenvalue weighted by Crippen LogP contribution is 2.24. The second-order valence-electron chi connectivity index (χ2n) is 7.22. The fourth-order valence-corrected chi connectivity index (χ4v) is 3.71. The number of nitrogens with one attached hydrogen (secondary N) is 1. The zero-order valence-electron chi connectivity index (χ0n) is 15.9. The van der Waals surface area contributed by atoms with Gasteiger partial charge in [-0.25, -0.2) is 4.79 Å². The Bertz CT molecular complexity index is 655. The van der Waals surface area contributed by atoms with E-state index in [-0.39, 0.29) is 43.4 Å². The normalized spacial score (nSPS) is 19.6. The zero-order valence-corrected chi connectivity index (χ0v) is 15.9. The predicted octanol–water partition coefficient (Wildman–Crippen LogP) is 1.60. The van der Waals surface area contributed by atoms with Gasteiger partial charge in [0.15, 0.2) is 0 Å². The minimum absolute atomic E-state index is 0.0413. The number of likely N-dealkylation sites (tertiary alicyclic amines) is 1. The van der Waals surface area contributed by atoms with Gasteiger partial charge in [-0.15, -0.1) is 0 Å². The molecule has 27 heavy (non-hydrogen) atoms. The maximum absolute atomic E-state index is 12.2. The van der Waals surface area contributed by atoms with E-state index in [1.54, 1.807) is 13.3 Å². The van der Waals surface area contributed by atoms with Crippen molar-refractivity contribution in [2.75, 3.05) is 39.8 Å². The molecule has 1 atom stereocenters. The molecule has 0 bridgehead atoms. The van der Waals surface area contributed by atoms with Crippen molar-refractivity contribution in [3.63, 3.8) is 0 Å². The molecule has 0 spiro atoms. The summed E-state index contributed by atoms with van der Waals surface area (Å²) in [4.78, 5) is 40.8. The first-order valence-corrected chi connectivity index (χ1v) is 9.66. The van der Waals surface area contributed by atoms with Crippen LogP contribution >= 0.6 is 0 Å². The van der Waals surface area contributed by atoms with Crippen LogP contribution in [0.5, 0.6) is 0 Å². The lowest BCUT2D eigenvalue weighted by molar-refractivity contribution is -0.126. The van der Waals surface area contributed by atoms with Gasteiger partial charge in [0.25, 0.3) is 0 Å². The number of furan rings is 1. The summed E-state index contributed by atoms with van der Waals surface area (Å²) in [5.74, 6) is 0.593. The van der Waals surface area contributed by atoms with E-state index in [0.29, 0.717) is 13.0 Å². The third-order valence-electron chi connectivity index (χ3n) is 5.21. The molecule has 2 aliphatic rings. The molecule has 2 fully saturated rings. The molecular formula is C19H28N4O4. The first kappa shape index (κ1) is 19.4. The molecule has 1 aromatic heterocycles. The highest BCUT2D eigenvalue weighted by molar-refractivity contribution is 6.01. The van der Waals surface area contributed by atoms with Crippen molar-refractivity contribution in [1.29, 1.82) is 0 Å². The fourth-order valence-electron chi connectivity index (χ4n) is 3.71. The van der Waals surface area contributed by atoms with Gasteiger partial charge in [0, 0.05) is 26.6 Å². The van der Waals surface area contributed by atoms with E-state index in [9.17, 15) is 14.4 Å². The standard InChI is InChI=1S/C19H28N4O4/c1-21-14-18(25)23(19(21)26)11-5-8-17(24)20-13-15(16-7-6-12-27-16)22-9-3-2-4-10-22/h6-7,12,15H,2-5,8-11,13-14H2,1H3,(H,20,24). The quantitative estimate of drug-likeness (QED) is 0.697. The topological polar surface area (TPSA) is 86.1 Å².